The van der Waals surface area contributed by atoms with Crippen molar-refractivity contribution in [2.75, 3.05) is 6.54 Å². The minimum absolute atomic E-state index is 0.0978. The predicted octanol–water partition coefficient (Wildman–Crippen LogP) is 3.86. The maximum Gasteiger partial charge on any atom is 0.408 e. The highest BCUT2D eigenvalue weighted by Gasteiger charge is 2.43. The molecule has 0 heterocycles. The first-order valence-electron chi connectivity index (χ1n) is 7.41. The Morgan fingerprint density at radius 2 is 1.95 bits per heavy atom. The van der Waals surface area contributed by atoms with E-state index in [1.165, 1.54) is 4.90 Å². The lowest BCUT2D eigenvalue weighted by molar-refractivity contribution is 0.0184. The summed E-state index contributed by atoms with van der Waals surface area (Å²) in [6.45, 7) is 1.71. The zero-order valence-electron chi connectivity index (χ0n) is 12.3. The van der Waals surface area contributed by atoms with Crippen LogP contribution in [0.1, 0.15) is 44.6 Å². The maximum absolute atomic E-state index is 11.8. The zero-order chi connectivity index (χ0) is 15.5. The van der Waals surface area contributed by atoms with Gasteiger partial charge in [-0.3, -0.25) is 4.90 Å². The molecule has 1 fully saturated rings. The Bertz CT molecular complexity index is 498. The first-order chi connectivity index (χ1) is 9.97. The van der Waals surface area contributed by atoms with Crippen molar-refractivity contribution in [3.8, 4) is 0 Å². The lowest BCUT2D eigenvalue weighted by atomic mass is 9.75. The Morgan fingerprint density at radius 1 is 1.33 bits per heavy atom. The van der Waals surface area contributed by atoms with Crippen LogP contribution in [0.4, 0.5) is 4.79 Å². The third-order valence-electron chi connectivity index (χ3n) is 4.25. The van der Waals surface area contributed by atoms with E-state index >= 15 is 0 Å². The zero-order valence-corrected chi connectivity index (χ0v) is 13.0. The van der Waals surface area contributed by atoms with E-state index in [1.807, 2.05) is 18.2 Å². The van der Waals surface area contributed by atoms with Crippen molar-refractivity contribution in [3.63, 3.8) is 0 Å². The molecular formula is C16H22ClNO3. The van der Waals surface area contributed by atoms with Gasteiger partial charge in [0.05, 0.1) is 18.2 Å². The standard InChI is InChI=1S/C16H22ClNO3/c1-12(19)11-18(15(20)21)16(9-5-2-6-10-16)13-7-3-4-8-14(13)17/h3-4,7-8,12,19H,2,5-6,9-11H2,1H3,(H,20,21)/t12-/m0/s1. The summed E-state index contributed by atoms with van der Waals surface area (Å²) in [6, 6.07) is 7.45. The van der Waals surface area contributed by atoms with Gasteiger partial charge in [0.1, 0.15) is 0 Å². The maximum atomic E-state index is 11.8. The third-order valence-corrected chi connectivity index (χ3v) is 4.58. The molecule has 0 spiro atoms. The topological polar surface area (TPSA) is 60.8 Å². The van der Waals surface area contributed by atoms with Gasteiger partial charge in [0.2, 0.25) is 0 Å². The van der Waals surface area contributed by atoms with Gasteiger partial charge in [-0.05, 0) is 31.4 Å². The molecule has 1 aromatic rings. The molecule has 0 radical (unpaired) electrons. The summed E-state index contributed by atoms with van der Waals surface area (Å²) >= 11 is 6.35. The average Bonchev–Trinajstić information content (AvgIpc) is 2.45. The van der Waals surface area contributed by atoms with E-state index in [-0.39, 0.29) is 6.54 Å². The van der Waals surface area contributed by atoms with Gasteiger partial charge in [0, 0.05) is 5.02 Å². The largest absolute Gasteiger partial charge is 0.465 e. The minimum Gasteiger partial charge on any atom is -0.465 e. The second kappa shape index (κ2) is 6.67. The van der Waals surface area contributed by atoms with Gasteiger partial charge in [0.25, 0.3) is 0 Å². The molecule has 1 aromatic carbocycles. The summed E-state index contributed by atoms with van der Waals surface area (Å²) < 4.78 is 0. The molecule has 116 valence electrons. The van der Waals surface area contributed by atoms with Crippen molar-refractivity contribution in [3.05, 3.63) is 34.9 Å². The van der Waals surface area contributed by atoms with Gasteiger partial charge in [-0.1, -0.05) is 49.1 Å². The molecule has 1 aliphatic carbocycles. The first kappa shape index (κ1) is 16.1. The molecule has 2 rings (SSSR count). The molecule has 0 bridgehead atoms. The van der Waals surface area contributed by atoms with Crippen LogP contribution in [0.15, 0.2) is 24.3 Å². The highest BCUT2D eigenvalue weighted by molar-refractivity contribution is 6.31. The number of halogens is 1. The molecule has 4 nitrogen and oxygen atoms in total. The van der Waals surface area contributed by atoms with E-state index in [0.717, 1.165) is 37.7 Å². The van der Waals surface area contributed by atoms with Gasteiger partial charge < -0.3 is 10.2 Å². The van der Waals surface area contributed by atoms with E-state index in [2.05, 4.69) is 0 Å². The molecule has 0 saturated heterocycles. The molecule has 0 aliphatic heterocycles. The molecule has 1 amide bonds. The summed E-state index contributed by atoms with van der Waals surface area (Å²) in [4.78, 5) is 13.2. The highest BCUT2D eigenvalue weighted by atomic mass is 35.5. The van der Waals surface area contributed by atoms with E-state index in [1.54, 1.807) is 13.0 Å². The van der Waals surface area contributed by atoms with Crippen LogP contribution in [0.5, 0.6) is 0 Å². The second-order valence-corrected chi connectivity index (χ2v) is 6.22. The fraction of sp³-hybridized carbons (Fsp3) is 0.562. The van der Waals surface area contributed by atoms with Crippen molar-refractivity contribution in [2.45, 2.75) is 50.7 Å². The summed E-state index contributed by atoms with van der Waals surface area (Å²) in [5.41, 5.74) is 0.230. The van der Waals surface area contributed by atoms with Crippen LogP contribution in [-0.4, -0.2) is 33.9 Å². The van der Waals surface area contributed by atoms with Crippen molar-refractivity contribution in [1.29, 1.82) is 0 Å². The number of rotatable bonds is 4. The van der Waals surface area contributed by atoms with Crippen molar-refractivity contribution in [1.82, 2.24) is 4.90 Å². The molecule has 5 heteroatoms. The van der Waals surface area contributed by atoms with Crippen LogP contribution in [-0.2, 0) is 5.54 Å². The van der Waals surface area contributed by atoms with E-state index < -0.39 is 17.7 Å². The minimum atomic E-state index is -1.00. The number of carbonyl (C=O) groups is 1. The van der Waals surface area contributed by atoms with Crippen molar-refractivity contribution in [2.24, 2.45) is 0 Å². The Balaban J connectivity index is 2.50. The van der Waals surface area contributed by atoms with Crippen LogP contribution >= 0.6 is 11.6 Å². The van der Waals surface area contributed by atoms with Crippen LogP contribution in [0.2, 0.25) is 5.02 Å². The third kappa shape index (κ3) is 3.33. The molecule has 0 unspecified atom stereocenters. The van der Waals surface area contributed by atoms with Gasteiger partial charge in [-0.25, -0.2) is 4.79 Å². The quantitative estimate of drug-likeness (QED) is 0.887. The number of amides is 1. The Morgan fingerprint density at radius 3 is 2.48 bits per heavy atom. The Labute approximate surface area is 130 Å². The molecule has 1 atom stereocenters. The number of hydrogen-bond acceptors (Lipinski definition) is 2. The number of hydrogen-bond donors (Lipinski definition) is 2. The summed E-state index contributed by atoms with van der Waals surface area (Å²) in [6.07, 6.45) is 2.82. The van der Waals surface area contributed by atoms with E-state index in [9.17, 15) is 15.0 Å². The highest BCUT2D eigenvalue weighted by Crippen LogP contribution is 2.45. The van der Waals surface area contributed by atoms with E-state index in [0.29, 0.717) is 5.02 Å². The fourth-order valence-corrected chi connectivity index (χ4v) is 3.67. The van der Waals surface area contributed by atoms with Crippen LogP contribution in [0.3, 0.4) is 0 Å². The summed E-state index contributed by atoms with van der Waals surface area (Å²) in [7, 11) is 0. The summed E-state index contributed by atoms with van der Waals surface area (Å²) in [5, 5.41) is 20.0. The monoisotopic (exact) mass is 311 g/mol. The lowest BCUT2D eigenvalue weighted by Crippen LogP contribution is -2.52. The van der Waals surface area contributed by atoms with Crippen LogP contribution < -0.4 is 0 Å². The van der Waals surface area contributed by atoms with Gasteiger partial charge in [-0.2, -0.15) is 0 Å². The fourth-order valence-electron chi connectivity index (χ4n) is 3.36. The van der Waals surface area contributed by atoms with Crippen molar-refractivity contribution >= 4 is 17.7 Å². The first-order valence-corrected chi connectivity index (χ1v) is 7.79. The van der Waals surface area contributed by atoms with Crippen LogP contribution in [0.25, 0.3) is 0 Å². The molecule has 2 N–H and O–H groups in total. The summed E-state index contributed by atoms with van der Waals surface area (Å²) in [5.74, 6) is 0. The second-order valence-electron chi connectivity index (χ2n) is 5.81. The molecule has 0 aromatic heterocycles. The SMILES string of the molecule is C[C@H](O)CN(C(=O)O)C1(c2ccccc2Cl)CCCCC1. The molecule has 21 heavy (non-hydrogen) atoms. The van der Waals surface area contributed by atoms with Crippen molar-refractivity contribution < 1.29 is 15.0 Å². The average molecular weight is 312 g/mol. The lowest BCUT2D eigenvalue weighted by Gasteiger charge is -2.46. The Kier molecular flexibility index (Phi) is 5.12. The smallest absolute Gasteiger partial charge is 0.408 e. The molecule has 1 aliphatic rings. The number of aliphatic hydroxyl groups is 1. The number of aliphatic hydroxyl groups excluding tert-OH is 1. The normalized spacial score (nSPS) is 19.0. The number of nitrogens with zero attached hydrogens (tertiary/aromatic N) is 1. The number of benzene rings is 1. The molecule has 1 saturated carbocycles. The predicted molar refractivity (Wildman–Crippen MR) is 82.6 cm³/mol. The van der Waals surface area contributed by atoms with Crippen LogP contribution in [0, 0.1) is 0 Å². The number of carboxylic acid groups (broad SMARTS) is 1. The Hall–Kier alpha value is -1.26. The van der Waals surface area contributed by atoms with E-state index in [4.69, 9.17) is 11.6 Å². The van der Waals surface area contributed by atoms with Gasteiger partial charge >= 0.3 is 6.09 Å². The van der Waals surface area contributed by atoms with Gasteiger partial charge in [0.15, 0.2) is 0 Å². The molecular weight excluding hydrogens is 290 g/mol. The van der Waals surface area contributed by atoms with Gasteiger partial charge in [-0.15, -0.1) is 0 Å².